The zero-order valence-electron chi connectivity index (χ0n) is 39.4. The molecule has 330 valence electrons. The van der Waals surface area contributed by atoms with Gasteiger partial charge in [-0.15, -0.1) is 0 Å². The molecule has 10 aromatic rings. The number of benzene rings is 8. The minimum atomic E-state index is -0.133. The lowest BCUT2D eigenvalue weighted by molar-refractivity contribution is 0.114. The quantitative estimate of drug-likeness (QED) is 0.172. The van der Waals surface area contributed by atoms with Crippen LogP contribution >= 0.6 is 0 Å². The van der Waals surface area contributed by atoms with Crippen LogP contribution in [-0.4, -0.2) is 21.2 Å². The van der Waals surface area contributed by atoms with E-state index in [1.807, 2.05) is 0 Å². The fourth-order valence-corrected chi connectivity index (χ4v) is 13.8. The highest BCUT2D eigenvalue weighted by molar-refractivity contribution is 6.15. The molecule has 0 bridgehead atoms. The first-order valence-corrected chi connectivity index (χ1v) is 24.8. The van der Waals surface area contributed by atoms with Gasteiger partial charge in [0, 0.05) is 61.4 Å². The van der Waals surface area contributed by atoms with E-state index >= 15 is 0 Å². The molecule has 15 rings (SSSR count). The SMILES string of the molecule is CC1(C)c2ccccc2-c2cc3c4cc(-c5ccc6c(c5)C5=CC=C[C@@H]7C5N6C5C=CC=CC5C7(C)C)ccc4n(-c4ccc5c(c4)c4cc(-c6ccccc6)ccc4n5-c4ccccc4)c3cc21. The van der Waals surface area contributed by atoms with Crippen molar-refractivity contribution in [3.63, 3.8) is 0 Å². The van der Waals surface area contributed by atoms with Gasteiger partial charge in [-0.3, -0.25) is 0 Å². The van der Waals surface area contributed by atoms with Gasteiger partial charge in [0.15, 0.2) is 0 Å². The Balaban J connectivity index is 0.947. The van der Waals surface area contributed by atoms with E-state index in [0.29, 0.717) is 23.9 Å². The summed E-state index contributed by atoms with van der Waals surface area (Å²) in [4.78, 5) is 2.75. The van der Waals surface area contributed by atoms with Gasteiger partial charge in [-0.1, -0.05) is 161 Å². The molecule has 69 heavy (non-hydrogen) atoms. The summed E-state index contributed by atoms with van der Waals surface area (Å²) in [5.74, 6) is 0.886. The number of aromatic nitrogens is 2. The predicted molar refractivity (Wildman–Crippen MR) is 290 cm³/mol. The van der Waals surface area contributed by atoms with Gasteiger partial charge >= 0.3 is 0 Å². The van der Waals surface area contributed by atoms with Crippen LogP contribution in [0, 0.1) is 17.3 Å². The minimum Gasteiger partial charge on any atom is -0.356 e. The third-order valence-electron chi connectivity index (χ3n) is 17.2. The van der Waals surface area contributed by atoms with Gasteiger partial charge < -0.3 is 14.0 Å². The Morgan fingerprint density at radius 1 is 0.406 bits per heavy atom. The van der Waals surface area contributed by atoms with Gasteiger partial charge in [0.2, 0.25) is 0 Å². The molecular weight excluding hydrogens is 835 g/mol. The van der Waals surface area contributed by atoms with E-state index in [1.54, 1.807) is 0 Å². The molecule has 3 aliphatic carbocycles. The van der Waals surface area contributed by atoms with E-state index in [4.69, 9.17) is 0 Å². The number of allylic oxidation sites excluding steroid dienone is 4. The molecule has 0 saturated carbocycles. The Kier molecular flexibility index (Phi) is 7.86. The van der Waals surface area contributed by atoms with Crippen molar-refractivity contribution in [3.8, 4) is 44.8 Å². The molecule has 0 amide bonds. The van der Waals surface area contributed by atoms with E-state index in [9.17, 15) is 0 Å². The average molecular weight is 886 g/mol. The van der Waals surface area contributed by atoms with Gasteiger partial charge in [-0.25, -0.2) is 0 Å². The molecule has 8 aromatic carbocycles. The molecule has 3 heteroatoms. The Morgan fingerprint density at radius 2 is 1.01 bits per heavy atom. The lowest BCUT2D eigenvalue weighted by atomic mass is 9.58. The van der Waals surface area contributed by atoms with Crippen LogP contribution in [0.15, 0.2) is 212 Å². The van der Waals surface area contributed by atoms with Crippen molar-refractivity contribution in [2.45, 2.75) is 45.2 Å². The zero-order valence-corrected chi connectivity index (χ0v) is 39.4. The normalized spacial score (nSPS) is 20.9. The Bertz CT molecular complexity index is 3980. The molecule has 1 fully saturated rings. The lowest BCUT2D eigenvalue weighted by Gasteiger charge is -2.56. The minimum absolute atomic E-state index is 0.133. The number of hydrogen-bond acceptors (Lipinski definition) is 1. The Morgan fingerprint density at radius 3 is 1.80 bits per heavy atom. The molecule has 5 aliphatic rings. The molecule has 4 atom stereocenters. The third-order valence-corrected chi connectivity index (χ3v) is 17.2. The standard InChI is InChI=1S/C66H51N3/c1-65(2)54-22-12-11-20-46(54)48-38-53-51-36-43(42-28-32-61-49(35-42)47-21-15-24-56-64(47)69(61)62-25-14-13-23-55(62)66(56,3)4)27-31-59(51)68(63(53)39-57(48)65)45-29-33-60-52(37-45)50-34-41(40-16-7-5-8-17-40)26-30-58(50)67(60)44-18-9-6-10-19-44/h5-39,55-56,62,64H,1-4H3/t55?,56-,62?,64?/m1/s1. The number of anilines is 1. The van der Waals surface area contributed by atoms with Crippen molar-refractivity contribution in [1.82, 2.24) is 9.13 Å². The maximum absolute atomic E-state index is 2.75. The van der Waals surface area contributed by atoms with Crippen LogP contribution in [0.4, 0.5) is 5.69 Å². The van der Waals surface area contributed by atoms with Crippen LogP contribution in [0.25, 0.3) is 93.9 Å². The second-order valence-corrected chi connectivity index (χ2v) is 21.3. The van der Waals surface area contributed by atoms with E-state index in [-0.39, 0.29) is 10.8 Å². The number of hydrogen-bond donors (Lipinski definition) is 0. The number of fused-ring (bicyclic) bond motifs is 14. The fourth-order valence-electron chi connectivity index (χ4n) is 13.8. The van der Waals surface area contributed by atoms with Crippen molar-refractivity contribution >= 4 is 54.9 Å². The Hall–Kier alpha value is -7.88. The zero-order chi connectivity index (χ0) is 45.9. The molecule has 3 unspecified atom stereocenters. The second kappa shape index (κ2) is 13.9. The first-order chi connectivity index (χ1) is 33.7. The van der Waals surface area contributed by atoms with Gasteiger partial charge in [0.1, 0.15) is 0 Å². The lowest BCUT2D eigenvalue weighted by Crippen LogP contribution is -2.60. The first kappa shape index (κ1) is 39.1. The summed E-state index contributed by atoms with van der Waals surface area (Å²) in [6.07, 6.45) is 16.6. The number of piperidine rings is 1. The van der Waals surface area contributed by atoms with Crippen molar-refractivity contribution in [1.29, 1.82) is 0 Å². The van der Waals surface area contributed by atoms with E-state index in [0.717, 1.165) is 11.4 Å². The van der Waals surface area contributed by atoms with Crippen molar-refractivity contribution in [3.05, 3.63) is 229 Å². The van der Waals surface area contributed by atoms with Crippen LogP contribution in [0.5, 0.6) is 0 Å². The predicted octanol–water partition coefficient (Wildman–Crippen LogP) is 16.4. The highest BCUT2D eigenvalue weighted by Gasteiger charge is 2.56. The van der Waals surface area contributed by atoms with Crippen molar-refractivity contribution in [2.24, 2.45) is 17.3 Å². The summed E-state index contributed by atoms with van der Waals surface area (Å²) in [5, 5.41) is 5.04. The maximum Gasteiger partial charge on any atom is 0.0623 e. The van der Waals surface area contributed by atoms with Crippen LogP contribution in [0.2, 0.25) is 0 Å². The summed E-state index contributed by atoms with van der Waals surface area (Å²) in [6, 6.07) is 65.0. The number of para-hydroxylation sites is 1. The summed E-state index contributed by atoms with van der Waals surface area (Å²) in [7, 11) is 0. The van der Waals surface area contributed by atoms with Gasteiger partial charge in [0.05, 0.1) is 34.2 Å². The highest BCUT2D eigenvalue weighted by atomic mass is 15.2. The van der Waals surface area contributed by atoms with E-state index < -0.39 is 0 Å². The van der Waals surface area contributed by atoms with Crippen LogP contribution in [0.3, 0.4) is 0 Å². The van der Waals surface area contributed by atoms with Crippen molar-refractivity contribution < 1.29 is 0 Å². The molecular formula is C66H51N3. The molecule has 2 aliphatic heterocycles. The largest absolute Gasteiger partial charge is 0.356 e. The summed E-state index contributed by atoms with van der Waals surface area (Å²) in [6.45, 7) is 9.76. The fraction of sp³-hybridized carbons (Fsp3) is 0.152. The van der Waals surface area contributed by atoms with E-state index in [2.05, 4.69) is 254 Å². The van der Waals surface area contributed by atoms with Crippen LogP contribution in [0.1, 0.15) is 44.4 Å². The molecule has 0 spiro atoms. The van der Waals surface area contributed by atoms with Gasteiger partial charge in [-0.05, 0) is 134 Å². The van der Waals surface area contributed by atoms with Crippen LogP contribution in [-0.2, 0) is 5.41 Å². The maximum atomic E-state index is 2.75. The monoisotopic (exact) mass is 885 g/mol. The second-order valence-electron chi connectivity index (χ2n) is 21.3. The number of rotatable bonds is 4. The Labute approximate surface area is 403 Å². The molecule has 0 radical (unpaired) electrons. The average Bonchev–Trinajstić information content (AvgIpc) is 4.08. The van der Waals surface area contributed by atoms with Gasteiger partial charge in [-0.2, -0.15) is 0 Å². The molecule has 0 N–H and O–H groups in total. The molecule has 1 saturated heterocycles. The topological polar surface area (TPSA) is 13.1 Å². The summed E-state index contributed by atoms with van der Waals surface area (Å²) < 4.78 is 4.97. The smallest absolute Gasteiger partial charge is 0.0623 e. The first-order valence-electron chi connectivity index (χ1n) is 24.8. The van der Waals surface area contributed by atoms with Crippen molar-refractivity contribution in [2.75, 3.05) is 4.90 Å². The number of nitrogens with zero attached hydrogens (tertiary/aromatic N) is 3. The summed E-state index contributed by atoms with van der Waals surface area (Å²) in [5.41, 5.74) is 21.8. The van der Waals surface area contributed by atoms with Crippen LogP contribution < -0.4 is 4.90 Å². The van der Waals surface area contributed by atoms with Gasteiger partial charge in [0.25, 0.3) is 0 Å². The third kappa shape index (κ3) is 5.28. The van der Waals surface area contributed by atoms with E-state index in [1.165, 1.54) is 105 Å². The molecule has 2 aromatic heterocycles. The molecule has 3 nitrogen and oxygen atoms in total. The highest BCUT2D eigenvalue weighted by Crippen LogP contribution is 2.59. The molecule has 4 heterocycles. The summed E-state index contributed by atoms with van der Waals surface area (Å²) >= 11 is 0.